The van der Waals surface area contributed by atoms with Gasteiger partial charge >= 0.3 is 0 Å². The minimum absolute atomic E-state index is 0.224. The van der Waals surface area contributed by atoms with Crippen molar-refractivity contribution in [2.45, 2.75) is 6.92 Å². The van der Waals surface area contributed by atoms with Gasteiger partial charge in [0.2, 0.25) is 5.88 Å². The van der Waals surface area contributed by atoms with Crippen molar-refractivity contribution in [2.75, 3.05) is 19.7 Å². The summed E-state index contributed by atoms with van der Waals surface area (Å²) < 4.78 is 5.59. The number of fused-ring (bicyclic) bond motifs is 1. The van der Waals surface area contributed by atoms with Gasteiger partial charge in [0.25, 0.3) is 0 Å². The van der Waals surface area contributed by atoms with E-state index < -0.39 is 0 Å². The third kappa shape index (κ3) is 2.85. The molecule has 0 aliphatic carbocycles. The molecule has 0 unspecified atom stereocenters. The van der Waals surface area contributed by atoms with Crippen LogP contribution < -0.4 is 10.1 Å². The number of nitrogens with one attached hydrogen (secondary N) is 1. The van der Waals surface area contributed by atoms with E-state index in [1.165, 1.54) is 0 Å². The van der Waals surface area contributed by atoms with Crippen LogP contribution in [-0.4, -0.2) is 29.8 Å². The van der Waals surface area contributed by atoms with Crippen molar-refractivity contribution < 1.29 is 9.84 Å². The number of benzene rings is 1. The molecule has 4 heteroatoms. The van der Waals surface area contributed by atoms with Gasteiger partial charge in [-0.2, -0.15) is 0 Å². The van der Waals surface area contributed by atoms with Gasteiger partial charge in [-0.15, -0.1) is 0 Å². The lowest BCUT2D eigenvalue weighted by Crippen LogP contribution is -2.20. The minimum atomic E-state index is 0.224. The lowest BCUT2D eigenvalue weighted by Gasteiger charge is -2.08. The Balaban J connectivity index is 2.18. The monoisotopic (exact) mass is 232 g/mol. The number of likely N-dealkylation sites (N-methyl/N-ethyl adjacent to an activating group) is 1. The molecule has 1 heterocycles. The van der Waals surface area contributed by atoms with Crippen LogP contribution in [0.1, 0.15) is 6.92 Å². The summed E-state index contributed by atoms with van der Waals surface area (Å²) in [5.74, 6) is 0.790. The van der Waals surface area contributed by atoms with Crippen molar-refractivity contribution in [3.8, 4) is 11.6 Å². The fraction of sp³-hybridized carbons (Fsp3) is 0.308. The predicted molar refractivity (Wildman–Crippen MR) is 67.4 cm³/mol. The van der Waals surface area contributed by atoms with Gasteiger partial charge in [0, 0.05) is 18.1 Å². The van der Waals surface area contributed by atoms with Crippen molar-refractivity contribution >= 4 is 10.8 Å². The summed E-state index contributed by atoms with van der Waals surface area (Å²) in [4.78, 5) is 4.18. The zero-order valence-corrected chi connectivity index (χ0v) is 9.81. The number of ether oxygens (including phenoxy) is 1. The first-order valence-corrected chi connectivity index (χ1v) is 5.72. The van der Waals surface area contributed by atoms with E-state index in [1.54, 1.807) is 18.3 Å². The lowest BCUT2D eigenvalue weighted by atomic mass is 10.1. The Labute approximate surface area is 100 Å². The van der Waals surface area contributed by atoms with E-state index in [0.29, 0.717) is 12.5 Å². The highest BCUT2D eigenvalue weighted by molar-refractivity contribution is 5.87. The Morgan fingerprint density at radius 2 is 2.24 bits per heavy atom. The van der Waals surface area contributed by atoms with Crippen LogP contribution in [0.3, 0.4) is 0 Å². The molecular weight excluding hydrogens is 216 g/mol. The van der Waals surface area contributed by atoms with E-state index in [4.69, 9.17) is 4.74 Å². The SMILES string of the molecule is CCNCCOc1nccc2ccc(O)cc12. The number of hydrogen-bond donors (Lipinski definition) is 2. The first-order chi connectivity index (χ1) is 8.31. The highest BCUT2D eigenvalue weighted by Crippen LogP contribution is 2.26. The molecule has 1 aromatic carbocycles. The van der Waals surface area contributed by atoms with E-state index in [9.17, 15) is 5.11 Å². The Morgan fingerprint density at radius 1 is 1.35 bits per heavy atom. The van der Waals surface area contributed by atoms with Gasteiger partial charge in [-0.05, 0) is 30.1 Å². The van der Waals surface area contributed by atoms with Crippen LogP contribution in [0.4, 0.5) is 0 Å². The molecule has 0 fully saturated rings. The third-order valence-electron chi connectivity index (χ3n) is 2.48. The normalized spacial score (nSPS) is 10.6. The summed E-state index contributed by atoms with van der Waals surface area (Å²) in [6, 6.07) is 7.07. The maximum absolute atomic E-state index is 9.47. The minimum Gasteiger partial charge on any atom is -0.508 e. The lowest BCUT2D eigenvalue weighted by molar-refractivity contribution is 0.307. The van der Waals surface area contributed by atoms with Gasteiger partial charge in [0.1, 0.15) is 12.4 Å². The van der Waals surface area contributed by atoms with Crippen molar-refractivity contribution in [3.05, 3.63) is 30.5 Å². The summed E-state index contributed by atoms with van der Waals surface area (Å²) in [7, 11) is 0. The molecule has 0 amide bonds. The van der Waals surface area contributed by atoms with Crippen LogP contribution in [0.2, 0.25) is 0 Å². The fourth-order valence-corrected chi connectivity index (χ4v) is 1.64. The van der Waals surface area contributed by atoms with Gasteiger partial charge in [-0.1, -0.05) is 13.0 Å². The number of nitrogens with zero attached hydrogens (tertiary/aromatic N) is 1. The van der Waals surface area contributed by atoms with E-state index in [1.807, 2.05) is 19.1 Å². The van der Waals surface area contributed by atoms with Gasteiger partial charge < -0.3 is 15.2 Å². The maximum Gasteiger partial charge on any atom is 0.221 e. The van der Waals surface area contributed by atoms with E-state index in [2.05, 4.69) is 10.3 Å². The number of aromatic hydroxyl groups is 1. The van der Waals surface area contributed by atoms with Crippen molar-refractivity contribution in [3.63, 3.8) is 0 Å². The molecule has 1 aromatic heterocycles. The summed E-state index contributed by atoms with van der Waals surface area (Å²) in [6.45, 7) is 4.32. The largest absolute Gasteiger partial charge is 0.508 e. The second-order valence-corrected chi connectivity index (χ2v) is 3.72. The highest BCUT2D eigenvalue weighted by Gasteiger charge is 2.04. The molecule has 4 nitrogen and oxygen atoms in total. The summed E-state index contributed by atoms with van der Waals surface area (Å²) in [5.41, 5.74) is 0. The Bertz CT molecular complexity index is 500. The Kier molecular flexibility index (Phi) is 3.77. The van der Waals surface area contributed by atoms with Crippen LogP contribution in [0.15, 0.2) is 30.5 Å². The fourth-order valence-electron chi connectivity index (χ4n) is 1.64. The topological polar surface area (TPSA) is 54.4 Å². The van der Waals surface area contributed by atoms with E-state index >= 15 is 0 Å². The zero-order chi connectivity index (χ0) is 12.1. The number of aromatic nitrogens is 1. The van der Waals surface area contributed by atoms with Crippen LogP contribution in [-0.2, 0) is 0 Å². The second-order valence-electron chi connectivity index (χ2n) is 3.72. The summed E-state index contributed by atoms with van der Waals surface area (Å²) >= 11 is 0. The third-order valence-corrected chi connectivity index (χ3v) is 2.48. The van der Waals surface area contributed by atoms with Crippen LogP contribution in [0.5, 0.6) is 11.6 Å². The number of pyridine rings is 1. The molecule has 0 atom stereocenters. The molecule has 0 spiro atoms. The average Bonchev–Trinajstić information content (AvgIpc) is 2.35. The van der Waals surface area contributed by atoms with E-state index in [0.717, 1.165) is 23.9 Å². The van der Waals surface area contributed by atoms with Gasteiger partial charge in [-0.25, -0.2) is 4.98 Å². The molecular formula is C13H16N2O2. The molecule has 0 saturated carbocycles. The molecule has 0 aliphatic rings. The number of phenols is 1. The first-order valence-electron chi connectivity index (χ1n) is 5.72. The van der Waals surface area contributed by atoms with Gasteiger partial charge in [-0.3, -0.25) is 0 Å². The van der Waals surface area contributed by atoms with E-state index in [-0.39, 0.29) is 5.75 Å². The smallest absolute Gasteiger partial charge is 0.221 e. The van der Waals surface area contributed by atoms with Crippen molar-refractivity contribution in [1.29, 1.82) is 0 Å². The quantitative estimate of drug-likeness (QED) is 0.773. The molecule has 17 heavy (non-hydrogen) atoms. The van der Waals surface area contributed by atoms with Crippen molar-refractivity contribution in [2.24, 2.45) is 0 Å². The van der Waals surface area contributed by atoms with Crippen LogP contribution in [0, 0.1) is 0 Å². The number of rotatable bonds is 5. The number of phenolic OH excluding ortho intramolecular Hbond substituents is 1. The Morgan fingerprint density at radius 3 is 3.06 bits per heavy atom. The standard InChI is InChI=1S/C13H16N2O2/c1-2-14-7-8-17-13-12-9-11(16)4-3-10(12)5-6-15-13/h3-6,9,14,16H,2,7-8H2,1H3. The molecule has 0 radical (unpaired) electrons. The average molecular weight is 232 g/mol. The van der Waals surface area contributed by atoms with Crippen LogP contribution in [0.25, 0.3) is 10.8 Å². The molecule has 2 N–H and O–H groups in total. The molecule has 0 bridgehead atoms. The second kappa shape index (κ2) is 5.50. The highest BCUT2D eigenvalue weighted by atomic mass is 16.5. The van der Waals surface area contributed by atoms with Gasteiger partial charge in [0.05, 0.1) is 0 Å². The Hall–Kier alpha value is -1.81. The number of hydrogen-bond acceptors (Lipinski definition) is 4. The molecule has 2 rings (SSSR count). The van der Waals surface area contributed by atoms with Gasteiger partial charge in [0.15, 0.2) is 0 Å². The molecule has 0 saturated heterocycles. The molecule has 90 valence electrons. The maximum atomic E-state index is 9.47. The molecule has 2 aromatic rings. The first kappa shape index (κ1) is 11.7. The summed E-state index contributed by atoms with van der Waals surface area (Å²) in [5, 5.41) is 14.5. The summed E-state index contributed by atoms with van der Waals surface area (Å²) in [6.07, 6.45) is 1.71. The van der Waals surface area contributed by atoms with Crippen molar-refractivity contribution in [1.82, 2.24) is 10.3 Å². The van der Waals surface area contributed by atoms with Crippen LogP contribution >= 0.6 is 0 Å². The molecule has 0 aliphatic heterocycles. The predicted octanol–water partition coefficient (Wildman–Crippen LogP) is 1.93. The zero-order valence-electron chi connectivity index (χ0n) is 9.81.